The van der Waals surface area contributed by atoms with E-state index in [1.807, 2.05) is 61.6 Å². The smallest absolute Gasteiger partial charge is 0.214 e. The molecule has 7 nitrogen and oxygen atoms in total. The van der Waals surface area contributed by atoms with Gasteiger partial charge in [-0.05, 0) is 34.9 Å². The van der Waals surface area contributed by atoms with E-state index in [1.165, 1.54) is 21.3 Å². The van der Waals surface area contributed by atoms with Gasteiger partial charge in [-0.3, -0.25) is 10.1 Å². The second-order valence-corrected chi connectivity index (χ2v) is 7.73. The fourth-order valence-corrected chi connectivity index (χ4v) is 4.54. The van der Waals surface area contributed by atoms with E-state index in [1.54, 1.807) is 12.1 Å². The number of fused-ring (bicyclic) bond motifs is 1. The summed E-state index contributed by atoms with van der Waals surface area (Å²) in [6.07, 6.45) is 0. The molecule has 0 fully saturated rings. The molecule has 4 rings (SSSR count). The minimum atomic E-state index is -0.546. The van der Waals surface area contributed by atoms with Crippen LogP contribution in [0.25, 0.3) is 22.2 Å². The summed E-state index contributed by atoms with van der Waals surface area (Å²) in [5.74, 6) is 0.822. The third-order valence-corrected chi connectivity index (χ3v) is 5.96. The predicted octanol–water partition coefficient (Wildman–Crippen LogP) is 5.28. The number of ether oxygens (including phenoxy) is 3. The quantitative estimate of drug-likeness (QED) is 0.272. The number of hydrogen-bond donors (Lipinski definition) is 0. The molecule has 33 heavy (non-hydrogen) atoms. The normalized spacial score (nSPS) is 11.9. The summed E-state index contributed by atoms with van der Waals surface area (Å²) in [7, 11) is 6.60. The third-order valence-electron chi connectivity index (χ3n) is 5.96. The number of benzene rings is 3. The molecule has 170 valence electrons. The summed E-state index contributed by atoms with van der Waals surface area (Å²) in [6, 6.07) is 21.5. The van der Waals surface area contributed by atoms with Crippen molar-refractivity contribution >= 4 is 10.9 Å². The first-order valence-corrected chi connectivity index (χ1v) is 10.5. The number of methoxy groups -OCH3 is 3. The highest BCUT2D eigenvalue weighted by molar-refractivity contribution is 5.93. The first kappa shape index (κ1) is 22.2. The van der Waals surface area contributed by atoms with Gasteiger partial charge < -0.3 is 18.8 Å². The third kappa shape index (κ3) is 3.98. The van der Waals surface area contributed by atoms with E-state index in [9.17, 15) is 10.1 Å². The van der Waals surface area contributed by atoms with Crippen molar-refractivity contribution in [1.82, 2.24) is 4.57 Å². The van der Waals surface area contributed by atoms with Gasteiger partial charge in [0.15, 0.2) is 11.5 Å². The van der Waals surface area contributed by atoms with Gasteiger partial charge in [0.2, 0.25) is 12.3 Å². The van der Waals surface area contributed by atoms with Crippen molar-refractivity contribution in [3.05, 3.63) is 88.0 Å². The first-order chi connectivity index (χ1) is 16.0. The lowest BCUT2D eigenvalue weighted by atomic mass is 9.87. The lowest BCUT2D eigenvalue weighted by Crippen LogP contribution is -2.15. The van der Waals surface area contributed by atoms with E-state index in [-0.39, 0.29) is 11.5 Å². The summed E-state index contributed by atoms with van der Waals surface area (Å²) >= 11 is 0. The van der Waals surface area contributed by atoms with E-state index < -0.39 is 5.92 Å². The Morgan fingerprint density at radius 2 is 1.52 bits per heavy atom. The summed E-state index contributed by atoms with van der Waals surface area (Å²) in [5.41, 5.74) is 4.55. The van der Waals surface area contributed by atoms with Crippen LogP contribution in [0, 0.1) is 10.1 Å². The van der Waals surface area contributed by atoms with Crippen LogP contribution in [0.4, 0.5) is 0 Å². The van der Waals surface area contributed by atoms with Crippen LogP contribution >= 0.6 is 0 Å². The van der Waals surface area contributed by atoms with Crippen LogP contribution in [0.2, 0.25) is 0 Å². The molecule has 0 saturated carbocycles. The van der Waals surface area contributed by atoms with Gasteiger partial charge in [0.1, 0.15) is 0 Å². The van der Waals surface area contributed by atoms with Crippen LogP contribution in [0.1, 0.15) is 17.0 Å². The van der Waals surface area contributed by atoms with Crippen molar-refractivity contribution in [3.8, 4) is 28.5 Å². The molecule has 0 aliphatic carbocycles. The Balaban J connectivity index is 2.06. The molecule has 1 atom stereocenters. The lowest BCUT2D eigenvalue weighted by Gasteiger charge is -2.20. The van der Waals surface area contributed by atoms with Gasteiger partial charge in [-0.25, -0.2) is 0 Å². The molecule has 0 radical (unpaired) electrons. The highest BCUT2D eigenvalue weighted by Gasteiger charge is 2.30. The molecule has 3 aromatic carbocycles. The van der Waals surface area contributed by atoms with Gasteiger partial charge in [0.05, 0.1) is 32.9 Å². The molecule has 7 heteroatoms. The Bertz CT molecular complexity index is 1270. The Morgan fingerprint density at radius 1 is 0.909 bits per heavy atom. The SMILES string of the molecule is COc1cc([C@H](C[N+](=O)[O-])c2c(-c3ccccc3)n(C)c3ccccc23)cc(OC)c1OC. The zero-order valence-electron chi connectivity index (χ0n) is 19.1. The first-order valence-electron chi connectivity index (χ1n) is 10.5. The second kappa shape index (κ2) is 9.24. The number of rotatable bonds is 8. The maximum Gasteiger partial charge on any atom is 0.214 e. The molecule has 4 aromatic rings. The standard InChI is InChI=1S/C26H26N2O5/c1-27-21-13-9-8-12-19(21)24(25(27)17-10-6-5-7-11-17)20(16-28(29)30)18-14-22(31-2)26(33-4)23(15-18)32-3/h5-15,20H,16H2,1-4H3/t20-/m0/s1. The molecule has 0 saturated heterocycles. The molecule has 0 aliphatic heterocycles. The van der Waals surface area contributed by atoms with Crippen LogP contribution in [0.5, 0.6) is 17.2 Å². The van der Waals surface area contributed by atoms with Gasteiger partial charge in [-0.2, -0.15) is 0 Å². The van der Waals surface area contributed by atoms with Crippen LogP contribution < -0.4 is 14.2 Å². The molecule has 1 heterocycles. The van der Waals surface area contributed by atoms with Crippen LogP contribution in [0.3, 0.4) is 0 Å². The zero-order valence-corrected chi connectivity index (χ0v) is 19.1. The van der Waals surface area contributed by atoms with Crippen molar-refractivity contribution in [1.29, 1.82) is 0 Å². The van der Waals surface area contributed by atoms with Crippen LogP contribution in [0.15, 0.2) is 66.7 Å². The average molecular weight is 447 g/mol. The Labute approximate surface area is 192 Å². The molecule has 0 N–H and O–H groups in total. The van der Waals surface area contributed by atoms with E-state index >= 15 is 0 Å². The molecule has 0 bridgehead atoms. The Morgan fingerprint density at radius 3 is 2.09 bits per heavy atom. The molecule has 0 unspecified atom stereocenters. The molecule has 0 aliphatic rings. The van der Waals surface area contributed by atoms with Crippen molar-refractivity contribution in [3.63, 3.8) is 0 Å². The molecule has 0 spiro atoms. The van der Waals surface area contributed by atoms with Crippen LogP contribution in [-0.2, 0) is 7.05 Å². The topological polar surface area (TPSA) is 75.8 Å². The van der Waals surface area contributed by atoms with E-state index in [2.05, 4.69) is 4.57 Å². The fraction of sp³-hybridized carbons (Fsp3) is 0.231. The lowest BCUT2D eigenvalue weighted by molar-refractivity contribution is -0.481. The van der Waals surface area contributed by atoms with Gasteiger partial charge >= 0.3 is 0 Å². The number of nitrogens with zero attached hydrogens (tertiary/aromatic N) is 2. The second-order valence-electron chi connectivity index (χ2n) is 7.73. The van der Waals surface area contributed by atoms with Gasteiger partial charge in [0, 0.05) is 22.9 Å². The average Bonchev–Trinajstić information content (AvgIpc) is 3.14. The molecular weight excluding hydrogens is 420 g/mol. The number of para-hydroxylation sites is 1. The molecule has 0 amide bonds. The van der Waals surface area contributed by atoms with Gasteiger partial charge in [-0.1, -0.05) is 48.5 Å². The summed E-state index contributed by atoms with van der Waals surface area (Å²) in [6.45, 7) is -0.285. The number of hydrogen-bond acceptors (Lipinski definition) is 5. The van der Waals surface area contributed by atoms with E-state index in [0.717, 1.165) is 33.3 Å². The largest absolute Gasteiger partial charge is 0.493 e. The maximum atomic E-state index is 11.9. The fourth-order valence-electron chi connectivity index (χ4n) is 4.54. The highest BCUT2D eigenvalue weighted by atomic mass is 16.6. The van der Waals surface area contributed by atoms with Crippen molar-refractivity contribution < 1.29 is 19.1 Å². The molecule has 1 aromatic heterocycles. The van der Waals surface area contributed by atoms with E-state index in [4.69, 9.17) is 14.2 Å². The van der Waals surface area contributed by atoms with Crippen molar-refractivity contribution in [2.75, 3.05) is 27.9 Å². The maximum absolute atomic E-state index is 11.9. The Hall–Kier alpha value is -4.00. The summed E-state index contributed by atoms with van der Waals surface area (Å²) in [4.78, 5) is 11.6. The van der Waals surface area contributed by atoms with E-state index in [0.29, 0.717) is 17.2 Å². The number of aryl methyl sites for hydroxylation is 1. The van der Waals surface area contributed by atoms with Crippen molar-refractivity contribution in [2.24, 2.45) is 7.05 Å². The number of nitro groups is 1. The summed E-state index contributed by atoms with van der Waals surface area (Å²) in [5, 5.41) is 12.9. The highest BCUT2D eigenvalue weighted by Crippen LogP contribution is 2.45. The monoisotopic (exact) mass is 446 g/mol. The predicted molar refractivity (Wildman–Crippen MR) is 128 cm³/mol. The van der Waals surface area contributed by atoms with Crippen LogP contribution in [-0.4, -0.2) is 37.4 Å². The van der Waals surface area contributed by atoms with Gasteiger partial charge in [0.25, 0.3) is 0 Å². The minimum Gasteiger partial charge on any atom is -0.493 e. The minimum absolute atomic E-state index is 0.273. The van der Waals surface area contributed by atoms with Gasteiger partial charge in [-0.15, -0.1) is 0 Å². The Kier molecular flexibility index (Phi) is 6.22. The zero-order chi connectivity index (χ0) is 23.5. The number of aromatic nitrogens is 1. The molecular formula is C26H26N2O5. The van der Waals surface area contributed by atoms with Crippen molar-refractivity contribution in [2.45, 2.75) is 5.92 Å². The summed E-state index contributed by atoms with van der Waals surface area (Å²) < 4.78 is 18.6.